The third-order valence-electron chi connectivity index (χ3n) is 4.48. The van der Waals surface area contributed by atoms with Crippen LogP contribution in [0.1, 0.15) is 35.3 Å². The first kappa shape index (κ1) is 14.8. The van der Waals surface area contributed by atoms with Gasteiger partial charge in [-0.25, -0.2) is 4.98 Å². The van der Waals surface area contributed by atoms with Crippen LogP contribution in [0.5, 0.6) is 0 Å². The number of nitrogens with one attached hydrogen (secondary N) is 1. The average Bonchev–Trinajstić information content (AvgIpc) is 3.10. The van der Waals surface area contributed by atoms with Crippen molar-refractivity contribution >= 4 is 17.2 Å². The Morgan fingerprint density at radius 3 is 3.09 bits per heavy atom. The van der Waals surface area contributed by atoms with Gasteiger partial charge in [0.15, 0.2) is 0 Å². The highest BCUT2D eigenvalue weighted by Crippen LogP contribution is 2.28. The molecule has 0 aromatic carbocycles. The molecule has 122 valence electrons. The Labute approximate surface area is 139 Å². The second-order valence-corrected chi connectivity index (χ2v) is 7.56. The predicted octanol–water partition coefficient (Wildman–Crippen LogP) is 1.73. The molecule has 1 fully saturated rings. The standard InChI is InChI=1S/C16H21N5OS/c1-11-19-13(10-23-11)7-20-8-14-4-5-18-21(14)15(9-20)16(22)17-6-12-2-3-12/h4-5,10,12,15H,2-3,6-9H2,1H3,(H,17,22)/t15-/m1/s1. The fourth-order valence-corrected chi connectivity index (χ4v) is 3.68. The van der Waals surface area contributed by atoms with Gasteiger partial charge in [0.25, 0.3) is 0 Å². The van der Waals surface area contributed by atoms with Crippen molar-refractivity contribution in [1.82, 2.24) is 25.0 Å². The average molecular weight is 331 g/mol. The Balaban J connectivity index is 1.47. The molecule has 1 amide bonds. The van der Waals surface area contributed by atoms with Crippen LogP contribution in [0.4, 0.5) is 0 Å². The molecule has 0 radical (unpaired) electrons. The van der Waals surface area contributed by atoms with Gasteiger partial charge in [-0.05, 0) is 31.7 Å². The minimum absolute atomic E-state index is 0.0843. The fraction of sp³-hybridized carbons (Fsp3) is 0.562. The van der Waals surface area contributed by atoms with Gasteiger partial charge in [0, 0.05) is 37.8 Å². The van der Waals surface area contributed by atoms with E-state index in [0.29, 0.717) is 12.5 Å². The van der Waals surface area contributed by atoms with Crippen molar-refractivity contribution in [2.45, 2.75) is 38.9 Å². The third-order valence-corrected chi connectivity index (χ3v) is 5.30. The molecule has 1 N–H and O–H groups in total. The van der Waals surface area contributed by atoms with E-state index in [4.69, 9.17) is 0 Å². The molecular formula is C16H21N5OS. The van der Waals surface area contributed by atoms with Gasteiger partial charge in [0.1, 0.15) is 6.04 Å². The van der Waals surface area contributed by atoms with E-state index in [0.717, 1.165) is 36.0 Å². The number of rotatable bonds is 5. The van der Waals surface area contributed by atoms with Crippen molar-refractivity contribution in [1.29, 1.82) is 0 Å². The van der Waals surface area contributed by atoms with Crippen LogP contribution in [-0.2, 0) is 17.9 Å². The molecule has 23 heavy (non-hydrogen) atoms. The first-order valence-electron chi connectivity index (χ1n) is 8.12. The molecule has 3 heterocycles. The summed E-state index contributed by atoms with van der Waals surface area (Å²) in [6.45, 7) is 5.09. The van der Waals surface area contributed by atoms with Gasteiger partial charge in [-0.15, -0.1) is 11.3 Å². The van der Waals surface area contributed by atoms with Gasteiger partial charge < -0.3 is 5.32 Å². The van der Waals surface area contributed by atoms with E-state index >= 15 is 0 Å². The summed E-state index contributed by atoms with van der Waals surface area (Å²) in [6.07, 6.45) is 4.27. The maximum atomic E-state index is 12.6. The number of thiazole rings is 1. The highest BCUT2D eigenvalue weighted by atomic mass is 32.1. The van der Waals surface area contributed by atoms with Gasteiger partial charge in [0.05, 0.1) is 16.4 Å². The maximum absolute atomic E-state index is 12.6. The monoisotopic (exact) mass is 331 g/mol. The molecule has 6 nitrogen and oxygen atoms in total. The van der Waals surface area contributed by atoms with Gasteiger partial charge in [-0.2, -0.15) is 5.10 Å². The molecule has 1 saturated carbocycles. The molecule has 0 unspecified atom stereocenters. The van der Waals surface area contributed by atoms with Gasteiger partial charge in [-0.3, -0.25) is 14.4 Å². The molecule has 2 aromatic rings. The fourth-order valence-electron chi connectivity index (χ4n) is 3.07. The number of aryl methyl sites for hydroxylation is 1. The van der Waals surface area contributed by atoms with E-state index < -0.39 is 0 Å². The number of nitrogens with zero attached hydrogens (tertiary/aromatic N) is 4. The van der Waals surface area contributed by atoms with Crippen molar-refractivity contribution in [3.63, 3.8) is 0 Å². The van der Waals surface area contributed by atoms with E-state index in [9.17, 15) is 4.79 Å². The first-order chi connectivity index (χ1) is 11.2. The Morgan fingerprint density at radius 1 is 1.48 bits per heavy atom. The van der Waals surface area contributed by atoms with Crippen LogP contribution in [0.3, 0.4) is 0 Å². The predicted molar refractivity (Wildman–Crippen MR) is 88.0 cm³/mol. The summed E-state index contributed by atoms with van der Waals surface area (Å²) in [5, 5.41) is 10.6. The Bertz CT molecular complexity index is 705. The van der Waals surface area contributed by atoms with E-state index in [1.807, 2.05) is 17.7 Å². The molecule has 1 atom stereocenters. The normalized spacial score (nSPS) is 21.2. The summed E-state index contributed by atoms with van der Waals surface area (Å²) in [7, 11) is 0. The van der Waals surface area contributed by atoms with Crippen molar-refractivity contribution in [2.75, 3.05) is 13.1 Å². The zero-order chi connectivity index (χ0) is 15.8. The number of aromatic nitrogens is 3. The number of hydrogen-bond donors (Lipinski definition) is 1. The summed E-state index contributed by atoms with van der Waals surface area (Å²) in [5.41, 5.74) is 2.17. The summed E-state index contributed by atoms with van der Waals surface area (Å²) < 4.78 is 1.88. The molecule has 0 spiro atoms. The van der Waals surface area contributed by atoms with E-state index in [1.54, 1.807) is 17.5 Å². The summed E-state index contributed by atoms with van der Waals surface area (Å²) in [6, 6.07) is 1.76. The maximum Gasteiger partial charge on any atom is 0.246 e. The largest absolute Gasteiger partial charge is 0.354 e. The lowest BCUT2D eigenvalue weighted by Crippen LogP contribution is -2.45. The van der Waals surface area contributed by atoms with E-state index in [2.05, 4.69) is 25.7 Å². The van der Waals surface area contributed by atoms with Crippen molar-refractivity contribution < 1.29 is 4.79 Å². The van der Waals surface area contributed by atoms with Crippen molar-refractivity contribution in [3.05, 3.63) is 34.0 Å². The van der Waals surface area contributed by atoms with Crippen LogP contribution in [0.2, 0.25) is 0 Å². The molecule has 0 saturated heterocycles. The quantitative estimate of drug-likeness (QED) is 0.906. The summed E-state index contributed by atoms with van der Waals surface area (Å²) >= 11 is 1.67. The zero-order valence-corrected chi connectivity index (χ0v) is 14.1. The smallest absolute Gasteiger partial charge is 0.246 e. The summed E-state index contributed by atoms with van der Waals surface area (Å²) in [5.74, 6) is 0.773. The molecule has 1 aliphatic carbocycles. The number of amides is 1. The minimum atomic E-state index is -0.243. The lowest BCUT2D eigenvalue weighted by molar-refractivity contribution is -0.126. The second kappa shape index (κ2) is 6.05. The van der Waals surface area contributed by atoms with Crippen LogP contribution >= 0.6 is 11.3 Å². The molecule has 2 aliphatic rings. The lowest BCUT2D eigenvalue weighted by Gasteiger charge is -2.32. The van der Waals surface area contributed by atoms with Crippen LogP contribution in [0, 0.1) is 12.8 Å². The Kier molecular flexibility index (Phi) is 3.90. The highest BCUT2D eigenvalue weighted by Gasteiger charge is 2.32. The van der Waals surface area contributed by atoms with Crippen LogP contribution < -0.4 is 5.32 Å². The van der Waals surface area contributed by atoms with E-state index in [1.165, 1.54) is 12.8 Å². The van der Waals surface area contributed by atoms with Crippen molar-refractivity contribution in [3.8, 4) is 0 Å². The molecule has 4 rings (SSSR count). The SMILES string of the molecule is Cc1nc(CN2Cc3ccnn3[C@@H](C(=O)NCC3CC3)C2)cs1. The van der Waals surface area contributed by atoms with Gasteiger partial charge in [-0.1, -0.05) is 0 Å². The van der Waals surface area contributed by atoms with Crippen LogP contribution in [0.15, 0.2) is 17.6 Å². The first-order valence-corrected chi connectivity index (χ1v) is 9.00. The molecule has 0 bridgehead atoms. The number of carbonyl (C=O) groups excluding carboxylic acids is 1. The highest BCUT2D eigenvalue weighted by molar-refractivity contribution is 7.09. The van der Waals surface area contributed by atoms with Gasteiger partial charge >= 0.3 is 0 Å². The molecular weight excluding hydrogens is 310 g/mol. The van der Waals surface area contributed by atoms with Crippen molar-refractivity contribution in [2.24, 2.45) is 5.92 Å². The van der Waals surface area contributed by atoms with Gasteiger partial charge in [0.2, 0.25) is 5.91 Å². The third kappa shape index (κ3) is 3.30. The summed E-state index contributed by atoms with van der Waals surface area (Å²) in [4.78, 5) is 19.4. The Hall–Kier alpha value is -1.73. The van der Waals surface area contributed by atoms with Crippen LogP contribution in [-0.4, -0.2) is 38.7 Å². The zero-order valence-electron chi connectivity index (χ0n) is 13.2. The molecule has 1 aliphatic heterocycles. The Morgan fingerprint density at radius 2 is 2.35 bits per heavy atom. The molecule has 7 heteroatoms. The minimum Gasteiger partial charge on any atom is -0.354 e. The number of carbonyl (C=O) groups is 1. The topological polar surface area (TPSA) is 63.1 Å². The van der Waals surface area contributed by atoms with E-state index in [-0.39, 0.29) is 11.9 Å². The van der Waals surface area contributed by atoms with Crippen LogP contribution in [0.25, 0.3) is 0 Å². The number of hydrogen-bond acceptors (Lipinski definition) is 5. The lowest BCUT2D eigenvalue weighted by atomic mass is 10.1. The second-order valence-electron chi connectivity index (χ2n) is 6.50. The molecule has 2 aromatic heterocycles. The number of fused-ring (bicyclic) bond motifs is 1.